The number of H-pyrrole nitrogens is 2. The molecule has 0 amide bonds. The molecular formula is C23H15N7. The maximum Gasteiger partial charge on any atom is 0.159 e. The lowest BCUT2D eigenvalue weighted by molar-refractivity contribution is 1.11. The second-order valence-electron chi connectivity index (χ2n) is 6.95. The van der Waals surface area contributed by atoms with E-state index in [4.69, 9.17) is 4.98 Å². The average molecular weight is 389 g/mol. The third-order valence-corrected chi connectivity index (χ3v) is 5.16. The van der Waals surface area contributed by atoms with Crippen LogP contribution in [-0.4, -0.2) is 35.1 Å². The molecule has 0 saturated carbocycles. The second-order valence-corrected chi connectivity index (χ2v) is 6.95. The highest BCUT2D eigenvalue weighted by Crippen LogP contribution is 2.32. The van der Waals surface area contributed by atoms with E-state index in [1.54, 1.807) is 31.0 Å². The Bertz CT molecular complexity index is 1480. The monoisotopic (exact) mass is 389 g/mol. The van der Waals surface area contributed by atoms with Gasteiger partial charge in [0.1, 0.15) is 11.2 Å². The Balaban J connectivity index is 1.52. The summed E-state index contributed by atoms with van der Waals surface area (Å²) in [5.74, 6) is 0.700. The summed E-state index contributed by atoms with van der Waals surface area (Å²) >= 11 is 0. The molecule has 30 heavy (non-hydrogen) atoms. The molecule has 6 aromatic rings. The van der Waals surface area contributed by atoms with Crippen LogP contribution in [-0.2, 0) is 0 Å². The Hall–Kier alpha value is -4.39. The minimum absolute atomic E-state index is 0.700. The van der Waals surface area contributed by atoms with E-state index in [0.29, 0.717) is 5.82 Å². The summed E-state index contributed by atoms with van der Waals surface area (Å²) < 4.78 is 0. The standard InChI is InChI=1S/C23H15N7/c1-2-18-17(13-16(1)14-3-8-24-9-4-14)21(30-29-18)23-27-19-7-12-26-20(22(19)28-23)15-5-10-25-11-6-15/h1-13H,(H,27,28)(H,29,30). The number of nitrogens with zero attached hydrogens (tertiary/aromatic N) is 5. The topological polar surface area (TPSA) is 96.0 Å². The van der Waals surface area contributed by atoms with E-state index in [0.717, 1.165) is 50.0 Å². The molecule has 0 saturated heterocycles. The third kappa shape index (κ3) is 2.64. The Morgan fingerprint density at radius 1 is 0.633 bits per heavy atom. The van der Waals surface area contributed by atoms with Crippen LogP contribution < -0.4 is 0 Å². The van der Waals surface area contributed by atoms with Crippen molar-refractivity contribution in [1.82, 2.24) is 35.1 Å². The molecule has 0 aliphatic rings. The van der Waals surface area contributed by atoms with Crippen LogP contribution in [0.25, 0.3) is 55.8 Å². The van der Waals surface area contributed by atoms with Crippen molar-refractivity contribution in [3.05, 3.63) is 79.5 Å². The molecule has 7 nitrogen and oxygen atoms in total. The number of pyridine rings is 3. The molecule has 1 aromatic carbocycles. The van der Waals surface area contributed by atoms with Crippen molar-refractivity contribution in [2.24, 2.45) is 0 Å². The highest BCUT2D eigenvalue weighted by Gasteiger charge is 2.16. The zero-order valence-corrected chi connectivity index (χ0v) is 15.7. The minimum atomic E-state index is 0.700. The number of rotatable bonds is 3. The molecule has 0 atom stereocenters. The van der Waals surface area contributed by atoms with Gasteiger partial charge in [0.25, 0.3) is 0 Å². The van der Waals surface area contributed by atoms with Gasteiger partial charge in [-0.3, -0.25) is 20.1 Å². The Labute approximate surface area is 170 Å². The van der Waals surface area contributed by atoms with Crippen LogP contribution in [0, 0.1) is 0 Å². The molecule has 5 aromatic heterocycles. The van der Waals surface area contributed by atoms with E-state index in [2.05, 4.69) is 42.3 Å². The number of hydrogen-bond donors (Lipinski definition) is 2. The second kappa shape index (κ2) is 6.59. The maximum absolute atomic E-state index is 4.85. The van der Waals surface area contributed by atoms with Gasteiger partial charge in [-0.2, -0.15) is 5.10 Å². The highest BCUT2D eigenvalue weighted by molar-refractivity contribution is 5.97. The first-order valence-electron chi connectivity index (χ1n) is 9.51. The summed E-state index contributed by atoms with van der Waals surface area (Å²) in [6, 6.07) is 16.0. The molecule has 2 N–H and O–H groups in total. The number of nitrogens with one attached hydrogen (secondary N) is 2. The Morgan fingerprint density at radius 2 is 1.40 bits per heavy atom. The largest absolute Gasteiger partial charge is 0.336 e. The fourth-order valence-corrected chi connectivity index (χ4v) is 3.69. The molecule has 5 heterocycles. The Kier molecular flexibility index (Phi) is 3.64. The van der Waals surface area contributed by atoms with Crippen molar-refractivity contribution >= 4 is 21.9 Å². The van der Waals surface area contributed by atoms with Gasteiger partial charge in [0.2, 0.25) is 0 Å². The van der Waals surface area contributed by atoms with Gasteiger partial charge < -0.3 is 4.98 Å². The molecule has 142 valence electrons. The third-order valence-electron chi connectivity index (χ3n) is 5.16. The summed E-state index contributed by atoms with van der Waals surface area (Å²) in [7, 11) is 0. The first kappa shape index (κ1) is 16.6. The molecule has 0 spiro atoms. The lowest BCUT2D eigenvalue weighted by atomic mass is 10.0. The van der Waals surface area contributed by atoms with Crippen molar-refractivity contribution in [2.75, 3.05) is 0 Å². The number of aromatic amines is 2. The van der Waals surface area contributed by atoms with Crippen molar-refractivity contribution < 1.29 is 0 Å². The van der Waals surface area contributed by atoms with E-state index < -0.39 is 0 Å². The zero-order valence-electron chi connectivity index (χ0n) is 15.7. The quantitative estimate of drug-likeness (QED) is 0.460. The number of fused-ring (bicyclic) bond motifs is 2. The average Bonchev–Trinajstić information content (AvgIpc) is 3.43. The molecule has 0 aliphatic carbocycles. The zero-order chi connectivity index (χ0) is 19.9. The van der Waals surface area contributed by atoms with Crippen molar-refractivity contribution in [3.63, 3.8) is 0 Å². The molecule has 7 heteroatoms. The first-order chi connectivity index (χ1) is 14.9. The van der Waals surface area contributed by atoms with Gasteiger partial charge in [-0.1, -0.05) is 6.07 Å². The summed E-state index contributed by atoms with van der Waals surface area (Å²) in [5, 5.41) is 8.65. The summed E-state index contributed by atoms with van der Waals surface area (Å²) in [6.45, 7) is 0. The van der Waals surface area contributed by atoms with Crippen LogP contribution in [0.2, 0.25) is 0 Å². The van der Waals surface area contributed by atoms with Crippen LogP contribution in [0.15, 0.2) is 79.5 Å². The minimum Gasteiger partial charge on any atom is -0.336 e. The molecule has 0 bridgehead atoms. The van der Waals surface area contributed by atoms with Crippen molar-refractivity contribution in [3.8, 4) is 33.9 Å². The lowest BCUT2D eigenvalue weighted by Gasteiger charge is -2.01. The molecule has 0 unspecified atom stereocenters. The summed E-state index contributed by atoms with van der Waals surface area (Å²) in [5.41, 5.74) is 7.44. The smallest absolute Gasteiger partial charge is 0.159 e. The molecule has 0 fully saturated rings. The van der Waals surface area contributed by atoms with E-state index in [-0.39, 0.29) is 0 Å². The van der Waals surface area contributed by atoms with Gasteiger partial charge in [0, 0.05) is 41.9 Å². The van der Waals surface area contributed by atoms with Crippen LogP contribution >= 0.6 is 0 Å². The van der Waals surface area contributed by atoms with Crippen molar-refractivity contribution in [2.45, 2.75) is 0 Å². The lowest BCUT2D eigenvalue weighted by Crippen LogP contribution is -1.86. The maximum atomic E-state index is 4.85. The van der Waals surface area contributed by atoms with E-state index in [1.165, 1.54) is 0 Å². The summed E-state index contributed by atoms with van der Waals surface area (Å²) in [4.78, 5) is 21.0. The fourth-order valence-electron chi connectivity index (χ4n) is 3.69. The fraction of sp³-hybridized carbons (Fsp3) is 0. The molecular weight excluding hydrogens is 374 g/mol. The van der Waals surface area contributed by atoms with E-state index in [1.807, 2.05) is 36.4 Å². The predicted molar refractivity (Wildman–Crippen MR) is 115 cm³/mol. The van der Waals surface area contributed by atoms with Gasteiger partial charge in [0.15, 0.2) is 5.82 Å². The normalized spacial score (nSPS) is 11.3. The highest BCUT2D eigenvalue weighted by atomic mass is 15.1. The molecule has 6 rings (SSSR count). The number of aromatic nitrogens is 7. The van der Waals surface area contributed by atoms with Crippen LogP contribution in [0.5, 0.6) is 0 Å². The Morgan fingerprint density at radius 3 is 2.20 bits per heavy atom. The number of imidazole rings is 1. The van der Waals surface area contributed by atoms with E-state index in [9.17, 15) is 0 Å². The SMILES string of the molecule is c1cc(-c2ccc3[nH]nc(-c4nc5c(-c6ccncc6)nccc5[nH]4)c3c2)ccn1. The van der Waals surface area contributed by atoms with Gasteiger partial charge in [-0.05, 0) is 53.6 Å². The van der Waals surface area contributed by atoms with Gasteiger partial charge in [0.05, 0.1) is 16.7 Å². The van der Waals surface area contributed by atoms with Gasteiger partial charge in [-0.25, -0.2) is 4.98 Å². The van der Waals surface area contributed by atoms with Crippen LogP contribution in [0.3, 0.4) is 0 Å². The predicted octanol–water partition coefficient (Wildman–Crippen LogP) is 4.63. The molecule has 0 radical (unpaired) electrons. The number of hydrogen-bond acceptors (Lipinski definition) is 5. The number of benzene rings is 1. The van der Waals surface area contributed by atoms with Crippen LogP contribution in [0.1, 0.15) is 0 Å². The molecule has 0 aliphatic heterocycles. The van der Waals surface area contributed by atoms with Gasteiger partial charge in [-0.15, -0.1) is 0 Å². The van der Waals surface area contributed by atoms with Crippen molar-refractivity contribution in [1.29, 1.82) is 0 Å². The first-order valence-corrected chi connectivity index (χ1v) is 9.51. The summed E-state index contributed by atoms with van der Waals surface area (Å²) in [6.07, 6.45) is 8.88. The van der Waals surface area contributed by atoms with E-state index >= 15 is 0 Å². The van der Waals surface area contributed by atoms with Crippen LogP contribution in [0.4, 0.5) is 0 Å². The van der Waals surface area contributed by atoms with Gasteiger partial charge >= 0.3 is 0 Å².